The zero-order valence-corrected chi connectivity index (χ0v) is 13.6. The summed E-state index contributed by atoms with van der Waals surface area (Å²) in [5.74, 6) is -0.128. The number of pyridine rings is 1. The van der Waals surface area contributed by atoms with Gasteiger partial charge in [0.2, 0.25) is 5.91 Å². The summed E-state index contributed by atoms with van der Waals surface area (Å²) in [7, 11) is 0. The Morgan fingerprint density at radius 1 is 1.13 bits per heavy atom. The van der Waals surface area contributed by atoms with Crippen molar-refractivity contribution in [3.05, 3.63) is 65.5 Å². The number of aryl methyl sites for hydroxylation is 1. The lowest BCUT2D eigenvalue weighted by Crippen LogP contribution is -2.27. The fourth-order valence-electron chi connectivity index (χ4n) is 2.33. The average Bonchev–Trinajstić information content (AvgIpc) is 2.60. The molecule has 0 bridgehead atoms. The van der Waals surface area contributed by atoms with Gasteiger partial charge in [-0.15, -0.1) is 0 Å². The number of aromatic nitrogens is 1. The van der Waals surface area contributed by atoms with Gasteiger partial charge >= 0.3 is 0 Å². The Kier molecular flexibility index (Phi) is 6.03. The standard InChI is InChI=1S/C19H22N2O2/c1-3-15-6-8-16(9-7-15)18(22)10-11-19(23)21-14(2)17-5-4-12-20-13-17/h4-9,12-14H,3,10-11H2,1-2H3,(H,21,23). The van der Waals surface area contributed by atoms with Crippen LogP contribution in [-0.2, 0) is 11.2 Å². The van der Waals surface area contributed by atoms with Crippen molar-refractivity contribution in [3.8, 4) is 0 Å². The fourth-order valence-corrected chi connectivity index (χ4v) is 2.33. The predicted octanol–water partition coefficient (Wildman–Crippen LogP) is 3.48. The topological polar surface area (TPSA) is 59.1 Å². The van der Waals surface area contributed by atoms with E-state index in [1.165, 1.54) is 5.56 Å². The average molecular weight is 310 g/mol. The Balaban J connectivity index is 1.82. The molecule has 0 radical (unpaired) electrons. The Labute approximate surface area is 137 Å². The van der Waals surface area contributed by atoms with Crippen molar-refractivity contribution in [1.82, 2.24) is 10.3 Å². The minimum absolute atomic E-state index is 0.00293. The molecule has 1 heterocycles. The Hall–Kier alpha value is -2.49. The van der Waals surface area contributed by atoms with Crippen LogP contribution in [0.1, 0.15) is 54.2 Å². The van der Waals surface area contributed by atoms with Gasteiger partial charge in [-0.05, 0) is 30.5 Å². The van der Waals surface area contributed by atoms with Crippen molar-refractivity contribution in [2.75, 3.05) is 0 Å². The number of carbonyl (C=O) groups excluding carboxylic acids is 2. The number of nitrogens with zero attached hydrogens (tertiary/aromatic N) is 1. The smallest absolute Gasteiger partial charge is 0.220 e. The van der Waals surface area contributed by atoms with Crippen LogP contribution in [0.25, 0.3) is 0 Å². The molecule has 0 fully saturated rings. The van der Waals surface area contributed by atoms with Gasteiger partial charge in [-0.2, -0.15) is 0 Å². The maximum Gasteiger partial charge on any atom is 0.220 e. The lowest BCUT2D eigenvalue weighted by Gasteiger charge is -2.13. The summed E-state index contributed by atoms with van der Waals surface area (Å²) in [6, 6.07) is 11.2. The number of hydrogen-bond donors (Lipinski definition) is 1. The molecular formula is C19H22N2O2. The first-order valence-electron chi connectivity index (χ1n) is 7.91. The molecule has 1 aromatic carbocycles. The van der Waals surface area contributed by atoms with Crippen LogP contribution in [-0.4, -0.2) is 16.7 Å². The number of benzene rings is 1. The third-order valence-corrected chi connectivity index (χ3v) is 3.83. The van der Waals surface area contributed by atoms with E-state index in [1.807, 2.05) is 43.3 Å². The maximum atomic E-state index is 12.1. The van der Waals surface area contributed by atoms with Gasteiger partial charge in [0.1, 0.15) is 0 Å². The van der Waals surface area contributed by atoms with Crippen molar-refractivity contribution >= 4 is 11.7 Å². The highest BCUT2D eigenvalue weighted by atomic mass is 16.2. The Morgan fingerprint density at radius 2 is 1.87 bits per heavy atom. The molecule has 1 amide bonds. The lowest BCUT2D eigenvalue weighted by molar-refractivity contribution is -0.121. The minimum atomic E-state index is -0.125. The SMILES string of the molecule is CCc1ccc(C(=O)CCC(=O)NC(C)c2cccnc2)cc1. The molecule has 4 heteroatoms. The zero-order valence-electron chi connectivity index (χ0n) is 13.6. The molecular weight excluding hydrogens is 288 g/mol. The number of amides is 1. The number of ketones is 1. The van der Waals surface area contributed by atoms with Crippen LogP contribution >= 0.6 is 0 Å². The summed E-state index contributed by atoms with van der Waals surface area (Å²) in [6.07, 6.45) is 4.78. The van der Waals surface area contributed by atoms with Crippen molar-refractivity contribution in [2.24, 2.45) is 0 Å². The molecule has 1 unspecified atom stereocenters. The van der Waals surface area contributed by atoms with Crippen LogP contribution in [0.3, 0.4) is 0 Å². The monoisotopic (exact) mass is 310 g/mol. The molecule has 0 saturated heterocycles. The van der Waals surface area contributed by atoms with Crippen LogP contribution in [0.4, 0.5) is 0 Å². The van der Waals surface area contributed by atoms with Crippen molar-refractivity contribution in [3.63, 3.8) is 0 Å². The van der Waals surface area contributed by atoms with Gasteiger partial charge < -0.3 is 5.32 Å². The number of carbonyl (C=O) groups is 2. The van der Waals surface area contributed by atoms with Crippen molar-refractivity contribution in [2.45, 2.75) is 39.2 Å². The van der Waals surface area contributed by atoms with Gasteiger partial charge in [0.05, 0.1) is 6.04 Å². The first-order valence-corrected chi connectivity index (χ1v) is 7.91. The summed E-state index contributed by atoms with van der Waals surface area (Å²) < 4.78 is 0. The zero-order chi connectivity index (χ0) is 16.7. The quantitative estimate of drug-likeness (QED) is 0.796. The number of hydrogen-bond acceptors (Lipinski definition) is 3. The molecule has 120 valence electrons. The molecule has 0 spiro atoms. The lowest BCUT2D eigenvalue weighted by atomic mass is 10.0. The fraction of sp³-hybridized carbons (Fsp3) is 0.316. The molecule has 0 aliphatic rings. The number of Topliss-reactive ketones (excluding diaryl/α,β-unsaturated/α-hetero) is 1. The van der Waals surface area contributed by atoms with Gasteiger partial charge in [0.25, 0.3) is 0 Å². The minimum Gasteiger partial charge on any atom is -0.350 e. The van der Waals surface area contributed by atoms with Gasteiger partial charge in [0.15, 0.2) is 5.78 Å². The molecule has 1 atom stereocenters. The second-order valence-electron chi connectivity index (χ2n) is 5.55. The molecule has 1 N–H and O–H groups in total. The highest BCUT2D eigenvalue weighted by Crippen LogP contribution is 2.12. The normalized spacial score (nSPS) is 11.7. The summed E-state index contributed by atoms with van der Waals surface area (Å²) in [5.41, 5.74) is 2.81. The third kappa shape index (κ3) is 5.02. The van der Waals surface area contributed by atoms with Gasteiger partial charge in [-0.3, -0.25) is 14.6 Å². The Morgan fingerprint density at radius 3 is 2.48 bits per heavy atom. The molecule has 0 aliphatic carbocycles. The van der Waals surface area contributed by atoms with Crippen LogP contribution < -0.4 is 5.32 Å². The molecule has 0 aliphatic heterocycles. The number of rotatable bonds is 7. The van der Waals surface area contributed by atoms with Crippen molar-refractivity contribution in [1.29, 1.82) is 0 Å². The summed E-state index contributed by atoms with van der Waals surface area (Å²) >= 11 is 0. The molecule has 2 rings (SSSR count). The highest BCUT2D eigenvalue weighted by molar-refractivity contribution is 5.98. The molecule has 4 nitrogen and oxygen atoms in total. The van der Waals surface area contributed by atoms with Crippen LogP contribution in [0.15, 0.2) is 48.8 Å². The van der Waals surface area contributed by atoms with E-state index in [9.17, 15) is 9.59 Å². The first kappa shape index (κ1) is 16.9. The van der Waals surface area contributed by atoms with Crippen molar-refractivity contribution < 1.29 is 9.59 Å². The number of nitrogens with one attached hydrogen (secondary N) is 1. The van der Waals surface area contributed by atoms with Crippen LogP contribution in [0, 0.1) is 0 Å². The molecule has 2 aromatic rings. The van der Waals surface area contributed by atoms with E-state index in [0.29, 0.717) is 5.56 Å². The second kappa shape index (κ2) is 8.22. The third-order valence-electron chi connectivity index (χ3n) is 3.83. The van der Waals surface area contributed by atoms with E-state index >= 15 is 0 Å². The Bertz CT molecular complexity index is 651. The van der Waals surface area contributed by atoms with Gasteiger partial charge in [0, 0.05) is 30.8 Å². The highest BCUT2D eigenvalue weighted by Gasteiger charge is 2.12. The summed E-state index contributed by atoms with van der Waals surface area (Å²) in [6.45, 7) is 3.98. The largest absolute Gasteiger partial charge is 0.350 e. The summed E-state index contributed by atoms with van der Waals surface area (Å²) in [5, 5.41) is 2.89. The maximum absolute atomic E-state index is 12.1. The second-order valence-corrected chi connectivity index (χ2v) is 5.55. The van der Waals surface area contributed by atoms with E-state index in [-0.39, 0.29) is 30.6 Å². The van der Waals surface area contributed by atoms with E-state index in [2.05, 4.69) is 17.2 Å². The molecule has 0 saturated carbocycles. The van der Waals surface area contributed by atoms with Crippen LogP contribution in [0.2, 0.25) is 0 Å². The van der Waals surface area contributed by atoms with Gasteiger partial charge in [-0.25, -0.2) is 0 Å². The predicted molar refractivity (Wildman–Crippen MR) is 90.2 cm³/mol. The van der Waals surface area contributed by atoms with Crippen LogP contribution in [0.5, 0.6) is 0 Å². The van der Waals surface area contributed by atoms with E-state index in [4.69, 9.17) is 0 Å². The first-order chi connectivity index (χ1) is 11.1. The van der Waals surface area contributed by atoms with Gasteiger partial charge in [-0.1, -0.05) is 37.3 Å². The van der Waals surface area contributed by atoms with E-state index in [1.54, 1.807) is 12.4 Å². The van der Waals surface area contributed by atoms with E-state index in [0.717, 1.165) is 12.0 Å². The van der Waals surface area contributed by atoms with E-state index < -0.39 is 0 Å². The molecule has 1 aromatic heterocycles. The summed E-state index contributed by atoms with van der Waals surface area (Å²) in [4.78, 5) is 28.1. The molecule has 23 heavy (non-hydrogen) atoms.